The highest BCUT2D eigenvalue weighted by atomic mass is 16.5. The molecule has 2 fully saturated rings. The summed E-state index contributed by atoms with van der Waals surface area (Å²) in [4.78, 5) is 12.1. The lowest BCUT2D eigenvalue weighted by molar-refractivity contribution is -0.118. The normalized spacial score (nSPS) is 31.5. The molecule has 1 saturated heterocycles. The maximum atomic E-state index is 12.1. The third kappa shape index (κ3) is 1.95. The predicted molar refractivity (Wildman–Crippen MR) is 62.5 cm³/mol. The topological polar surface area (TPSA) is 67.2 Å². The van der Waals surface area contributed by atoms with E-state index in [1.165, 1.54) is 12.8 Å². The Labute approximate surface area is 99.9 Å². The Kier molecular flexibility index (Phi) is 2.63. The molecule has 1 saturated carbocycles. The van der Waals surface area contributed by atoms with Gasteiger partial charge >= 0.3 is 0 Å². The van der Waals surface area contributed by atoms with Gasteiger partial charge in [-0.2, -0.15) is 0 Å². The number of amides is 1. The maximum absolute atomic E-state index is 12.1. The van der Waals surface area contributed by atoms with Crippen LogP contribution in [0.15, 0.2) is 10.6 Å². The first-order chi connectivity index (χ1) is 8.24. The first-order valence-electron chi connectivity index (χ1n) is 6.21. The van der Waals surface area contributed by atoms with Crippen molar-refractivity contribution in [3.63, 3.8) is 0 Å². The summed E-state index contributed by atoms with van der Waals surface area (Å²) in [6, 6.07) is 1.67. The van der Waals surface area contributed by atoms with Crippen molar-refractivity contribution in [2.24, 2.45) is 11.8 Å². The summed E-state index contributed by atoms with van der Waals surface area (Å²) in [6.07, 6.45) is 3.66. The average molecular weight is 235 g/mol. The van der Waals surface area contributed by atoms with Crippen LogP contribution in [0.25, 0.3) is 0 Å². The zero-order chi connectivity index (χ0) is 11.8. The van der Waals surface area contributed by atoms with E-state index in [1.54, 1.807) is 6.07 Å². The Balaban J connectivity index is 1.66. The number of nitrogens with zero attached hydrogens (tertiary/aromatic N) is 1. The molecular formula is C12H17N3O2. The van der Waals surface area contributed by atoms with Crippen LogP contribution in [-0.2, 0) is 4.79 Å². The number of carbonyl (C=O) groups is 1. The number of anilines is 1. The van der Waals surface area contributed by atoms with Crippen molar-refractivity contribution in [1.29, 1.82) is 0 Å². The van der Waals surface area contributed by atoms with Gasteiger partial charge in [0.05, 0.1) is 11.7 Å². The van der Waals surface area contributed by atoms with Gasteiger partial charge < -0.3 is 9.84 Å². The molecule has 1 aromatic heterocycles. The van der Waals surface area contributed by atoms with Gasteiger partial charge in [-0.25, -0.2) is 0 Å². The fraction of sp³-hybridized carbons (Fsp3) is 0.667. The fourth-order valence-electron chi connectivity index (χ4n) is 3.10. The van der Waals surface area contributed by atoms with Gasteiger partial charge in [0.2, 0.25) is 11.8 Å². The van der Waals surface area contributed by atoms with E-state index in [1.807, 2.05) is 6.92 Å². The van der Waals surface area contributed by atoms with Crippen molar-refractivity contribution < 1.29 is 9.32 Å². The molecule has 1 aliphatic carbocycles. The molecule has 3 atom stereocenters. The van der Waals surface area contributed by atoms with Crippen LogP contribution in [0.1, 0.15) is 25.0 Å². The van der Waals surface area contributed by atoms with Crippen molar-refractivity contribution in [1.82, 2.24) is 10.5 Å². The number of aryl methyl sites for hydroxylation is 1. The fourth-order valence-corrected chi connectivity index (χ4v) is 3.10. The Hall–Kier alpha value is -1.36. The molecule has 0 spiro atoms. The van der Waals surface area contributed by atoms with Crippen LogP contribution in [0, 0.1) is 18.8 Å². The molecule has 1 amide bonds. The van der Waals surface area contributed by atoms with E-state index in [4.69, 9.17) is 4.52 Å². The molecule has 0 bridgehead atoms. The van der Waals surface area contributed by atoms with Gasteiger partial charge in [0.1, 0.15) is 0 Å². The highest BCUT2D eigenvalue weighted by molar-refractivity contribution is 5.94. The van der Waals surface area contributed by atoms with Crippen LogP contribution in [0.3, 0.4) is 0 Å². The van der Waals surface area contributed by atoms with E-state index in [-0.39, 0.29) is 11.9 Å². The van der Waals surface area contributed by atoms with Crippen molar-refractivity contribution in [2.45, 2.75) is 32.2 Å². The van der Waals surface area contributed by atoms with Crippen molar-refractivity contribution >= 4 is 11.8 Å². The van der Waals surface area contributed by atoms with Crippen LogP contribution < -0.4 is 10.6 Å². The number of aromatic nitrogens is 1. The smallest absolute Gasteiger partial charge is 0.244 e. The largest absolute Gasteiger partial charge is 0.338 e. The second kappa shape index (κ2) is 4.14. The highest BCUT2D eigenvalue weighted by Crippen LogP contribution is 2.37. The van der Waals surface area contributed by atoms with Gasteiger partial charge in [0.25, 0.3) is 0 Å². The minimum Gasteiger partial charge on any atom is -0.338 e. The molecule has 2 heterocycles. The van der Waals surface area contributed by atoms with Crippen molar-refractivity contribution in [3.05, 3.63) is 11.8 Å². The SMILES string of the molecule is Cc1cc(NC(=O)C2NCC3CCCC32)on1. The number of nitrogens with one attached hydrogen (secondary N) is 2. The van der Waals surface area contributed by atoms with Crippen molar-refractivity contribution in [3.8, 4) is 0 Å². The molecule has 5 heteroatoms. The van der Waals surface area contributed by atoms with Crippen LogP contribution >= 0.6 is 0 Å². The van der Waals surface area contributed by atoms with Gasteiger partial charge in [-0.1, -0.05) is 11.6 Å². The predicted octanol–water partition coefficient (Wildman–Crippen LogP) is 1.31. The minimum atomic E-state index is -0.0621. The Morgan fingerprint density at radius 3 is 3.24 bits per heavy atom. The molecule has 1 aliphatic heterocycles. The number of rotatable bonds is 2. The quantitative estimate of drug-likeness (QED) is 0.811. The number of hydrogen-bond acceptors (Lipinski definition) is 4. The maximum Gasteiger partial charge on any atom is 0.244 e. The first kappa shape index (κ1) is 10.8. The third-order valence-corrected chi connectivity index (χ3v) is 3.90. The minimum absolute atomic E-state index is 0.00977. The van der Waals surface area contributed by atoms with E-state index in [2.05, 4.69) is 15.8 Å². The second-order valence-corrected chi connectivity index (χ2v) is 5.06. The lowest BCUT2D eigenvalue weighted by Gasteiger charge is -2.16. The molecule has 0 aromatic carbocycles. The summed E-state index contributed by atoms with van der Waals surface area (Å²) in [5.74, 6) is 1.63. The Morgan fingerprint density at radius 1 is 1.59 bits per heavy atom. The van der Waals surface area contributed by atoms with Gasteiger partial charge in [0.15, 0.2) is 0 Å². The third-order valence-electron chi connectivity index (χ3n) is 3.90. The summed E-state index contributed by atoms with van der Waals surface area (Å²) < 4.78 is 5.00. The molecule has 92 valence electrons. The Bertz CT molecular complexity index is 429. The standard InChI is InChI=1S/C12H17N3O2/c1-7-5-10(17-15-7)14-12(16)11-9-4-2-3-8(9)6-13-11/h5,8-9,11,13H,2-4,6H2,1H3,(H,14,16). The van der Waals surface area contributed by atoms with Crippen LogP contribution in [0.4, 0.5) is 5.88 Å². The van der Waals surface area contributed by atoms with Gasteiger partial charge in [-0.3, -0.25) is 10.1 Å². The molecule has 5 nitrogen and oxygen atoms in total. The molecule has 2 N–H and O–H groups in total. The number of hydrogen-bond donors (Lipinski definition) is 2. The van der Waals surface area contributed by atoms with E-state index < -0.39 is 0 Å². The van der Waals surface area contributed by atoms with E-state index in [9.17, 15) is 4.79 Å². The van der Waals surface area contributed by atoms with Crippen molar-refractivity contribution in [2.75, 3.05) is 11.9 Å². The summed E-state index contributed by atoms with van der Waals surface area (Å²) in [6.45, 7) is 2.80. The molecule has 1 aromatic rings. The molecule has 0 radical (unpaired) electrons. The molecule has 3 unspecified atom stereocenters. The van der Waals surface area contributed by atoms with Crippen LogP contribution in [0.2, 0.25) is 0 Å². The lowest BCUT2D eigenvalue weighted by atomic mass is 9.94. The molecular weight excluding hydrogens is 218 g/mol. The monoisotopic (exact) mass is 235 g/mol. The Morgan fingerprint density at radius 2 is 2.47 bits per heavy atom. The molecule has 2 aliphatic rings. The lowest BCUT2D eigenvalue weighted by Crippen LogP contribution is -2.39. The second-order valence-electron chi connectivity index (χ2n) is 5.06. The number of carbonyl (C=O) groups excluding carboxylic acids is 1. The average Bonchev–Trinajstić information content (AvgIpc) is 2.93. The van der Waals surface area contributed by atoms with Gasteiger partial charge in [0, 0.05) is 6.07 Å². The zero-order valence-corrected chi connectivity index (χ0v) is 9.90. The van der Waals surface area contributed by atoms with Crippen LogP contribution in [-0.4, -0.2) is 23.7 Å². The molecule has 3 rings (SSSR count). The zero-order valence-electron chi connectivity index (χ0n) is 9.90. The molecule has 17 heavy (non-hydrogen) atoms. The summed E-state index contributed by atoms with van der Waals surface area (Å²) in [7, 11) is 0. The summed E-state index contributed by atoms with van der Waals surface area (Å²) in [5, 5.41) is 9.85. The number of fused-ring (bicyclic) bond motifs is 1. The summed E-state index contributed by atoms with van der Waals surface area (Å²) >= 11 is 0. The first-order valence-corrected chi connectivity index (χ1v) is 6.21. The highest BCUT2D eigenvalue weighted by Gasteiger charge is 2.42. The van der Waals surface area contributed by atoms with Gasteiger partial charge in [-0.15, -0.1) is 0 Å². The van der Waals surface area contributed by atoms with Crippen LogP contribution in [0.5, 0.6) is 0 Å². The van der Waals surface area contributed by atoms with E-state index in [0.29, 0.717) is 17.7 Å². The summed E-state index contributed by atoms with van der Waals surface area (Å²) in [5.41, 5.74) is 0.776. The van der Waals surface area contributed by atoms with E-state index in [0.717, 1.165) is 18.7 Å². The van der Waals surface area contributed by atoms with E-state index >= 15 is 0 Å². The van der Waals surface area contributed by atoms with Gasteiger partial charge in [-0.05, 0) is 38.1 Å².